The normalized spacial score (nSPS) is 19.4. The number of rotatable bonds is 7. The Labute approximate surface area is 162 Å². The molecule has 0 heterocycles. The average molecular weight is 396 g/mol. The molecule has 0 unspecified atom stereocenters. The van der Waals surface area contributed by atoms with Crippen LogP contribution in [0.3, 0.4) is 0 Å². The highest BCUT2D eigenvalue weighted by molar-refractivity contribution is 7.90. The monoisotopic (exact) mass is 395 g/mol. The smallest absolute Gasteiger partial charge is 0.269 e. The summed E-state index contributed by atoms with van der Waals surface area (Å²) in [7, 11) is 0. The van der Waals surface area contributed by atoms with Crippen LogP contribution in [0.25, 0.3) is 0 Å². The van der Waals surface area contributed by atoms with Crippen molar-refractivity contribution in [2.45, 2.75) is 70.1 Å². The van der Waals surface area contributed by atoms with Gasteiger partial charge in [-0.25, -0.2) is 4.39 Å². The van der Waals surface area contributed by atoms with Crippen molar-refractivity contribution in [3.63, 3.8) is 0 Å². The summed E-state index contributed by atoms with van der Waals surface area (Å²) in [6, 6.07) is 5.74. The molecule has 0 radical (unpaired) electrons. The van der Waals surface area contributed by atoms with E-state index in [9.17, 15) is 24.3 Å². The van der Waals surface area contributed by atoms with Gasteiger partial charge in [0.25, 0.3) is 5.69 Å². The first-order valence-electron chi connectivity index (χ1n) is 8.98. The maximum Gasteiger partial charge on any atom is 0.269 e. The van der Waals surface area contributed by atoms with Crippen LogP contribution in [0.5, 0.6) is 0 Å². The van der Waals surface area contributed by atoms with Crippen molar-refractivity contribution in [3.8, 4) is 6.07 Å². The summed E-state index contributed by atoms with van der Waals surface area (Å²) in [6.07, 6.45) is 3.42. The average Bonchev–Trinajstić information content (AvgIpc) is 2.53. The van der Waals surface area contributed by atoms with Crippen LogP contribution in [0.4, 0.5) is 10.1 Å². The Morgan fingerprint density at radius 1 is 1.37 bits per heavy atom. The van der Waals surface area contributed by atoms with E-state index < -0.39 is 37.8 Å². The second kappa shape index (κ2) is 7.74. The zero-order valence-corrected chi connectivity index (χ0v) is 17.0. The van der Waals surface area contributed by atoms with Gasteiger partial charge < -0.3 is 4.55 Å². The summed E-state index contributed by atoms with van der Waals surface area (Å²) in [5.41, 5.74) is -1.67. The zero-order chi connectivity index (χ0) is 20.5. The van der Waals surface area contributed by atoms with Crippen molar-refractivity contribution in [3.05, 3.63) is 39.7 Å². The Morgan fingerprint density at radius 2 is 2.00 bits per heavy atom. The van der Waals surface area contributed by atoms with E-state index in [2.05, 4.69) is 10.8 Å². The van der Waals surface area contributed by atoms with Crippen molar-refractivity contribution in [1.82, 2.24) is 4.72 Å². The fourth-order valence-corrected chi connectivity index (χ4v) is 4.09. The molecular formula is C19H26FN3O3S. The Kier molecular flexibility index (Phi) is 6.19. The topological polar surface area (TPSA) is 102 Å². The van der Waals surface area contributed by atoms with E-state index in [0.29, 0.717) is 12.8 Å². The summed E-state index contributed by atoms with van der Waals surface area (Å²) < 4.78 is 29.8. The predicted octanol–water partition coefficient (Wildman–Crippen LogP) is 4.47. The number of hydrogen-bond acceptors (Lipinski definition) is 5. The minimum Gasteiger partial charge on any atom is -0.598 e. The predicted molar refractivity (Wildman–Crippen MR) is 103 cm³/mol. The number of nitriles is 1. The minimum atomic E-state index is -1.52. The second-order valence-electron chi connectivity index (χ2n) is 8.48. The third-order valence-corrected chi connectivity index (χ3v) is 7.03. The van der Waals surface area contributed by atoms with E-state index in [1.54, 1.807) is 27.7 Å². The number of nitro groups is 1. The van der Waals surface area contributed by atoms with Crippen LogP contribution in [0.1, 0.15) is 65.4 Å². The van der Waals surface area contributed by atoms with Crippen molar-refractivity contribution in [2.24, 2.45) is 5.41 Å². The van der Waals surface area contributed by atoms with Crippen LogP contribution >= 0.6 is 0 Å². The molecule has 148 valence electrons. The van der Waals surface area contributed by atoms with Gasteiger partial charge in [0.15, 0.2) is 0 Å². The third-order valence-electron chi connectivity index (χ3n) is 5.28. The number of non-ortho nitro benzene ring substituents is 1. The summed E-state index contributed by atoms with van der Waals surface area (Å²) in [4.78, 5) is 10.6. The lowest BCUT2D eigenvalue weighted by Gasteiger charge is -2.40. The van der Waals surface area contributed by atoms with Gasteiger partial charge >= 0.3 is 0 Å². The van der Waals surface area contributed by atoms with Gasteiger partial charge in [0.1, 0.15) is 10.6 Å². The fraction of sp³-hybridized carbons (Fsp3) is 0.632. The number of benzene rings is 1. The van der Waals surface area contributed by atoms with Gasteiger partial charge in [0.2, 0.25) is 0 Å². The molecule has 1 aromatic carbocycles. The molecule has 0 amide bonds. The molecule has 0 bridgehead atoms. The van der Waals surface area contributed by atoms with Crippen LogP contribution in [0.15, 0.2) is 18.2 Å². The SMILES string of the molecule is CC(C)(C)[S@@+]([O-])N[C@@](C)(CCC1(C#N)CCC1)c1cc([N+](=O)[O-])ccc1F. The number of hydrogen-bond donors (Lipinski definition) is 1. The van der Waals surface area contributed by atoms with E-state index in [1.807, 2.05) is 0 Å². The van der Waals surface area contributed by atoms with Crippen LogP contribution in [-0.2, 0) is 16.9 Å². The molecule has 1 aliphatic rings. The quantitative estimate of drug-likeness (QED) is 0.417. The number of nitrogens with zero attached hydrogens (tertiary/aromatic N) is 2. The molecule has 1 fully saturated rings. The molecule has 1 aromatic rings. The van der Waals surface area contributed by atoms with Gasteiger partial charge in [-0.3, -0.25) is 10.1 Å². The van der Waals surface area contributed by atoms with Crippen molar-refractivity contribution in [2.75, 3.05) is 0 Å². The lowest BCUT2D eigenvalue weighted by atomic mass is 9.65. The third kappa shape index (κ3) is 4.78. The number of nitrogens with one attached hydrogen (secondary N) is 1. The lowest BCUT2D eigenvalue weighted by Crippen LogP contribution is -2.51. The molecule has 0 aliphatic heterocycles. The Morgan fingerprint density at radius 3 is 2.44 bits per heavy atom. The standard InChI is InChI=1S/C19H26FN3O3S/c1-17(2,3)27(26)22-18(4,10-11-19(13-21)8-5-9-19)15-12-14(23(24)25)6-7-16(15)20/h6-7,12,22H,5,8-11H2,1-4H3/t18-,27+/m0/s1. The maximum absolute atomic E-state index is 14.6. The first kappa shape index (κ1) is 21.6. The van der Waals surface area contributed by atoms with Crippen LogP contribution < -0.4 is 4.72 Å². The maximum atomic E-state index is 14.6. The molecule has 1 aliphatic carbocycles. The minimum absolute atomic E-state index is 0.0988. The van der Waals surface area contributed by atoms with E-state index in [-0.39, 0.29) is 11.3 Å². The van der Waals surface area contributed by atoms with E-state index in [4.69, 9.17) is 0 Å². The molecule has 6 nitrogen and oxygen atoms in total. The fourth-order valence-electron chi connectivity index (χ4n) is 3.16. The highest BCUT2D eigenvalue weighted by atomic mass is 32.2. The molecule has 0 aromatic heterocycles. The Bertz CT molecular complexity index is 756. The summed E-state index contributed by atoms with van der Waals surface area (Å²) in [5.74, 6) is -0.596. The molecule has 27 heavy (non-hydrogen) atoms. The highest BCUT2D eigenvalue weighted by Crippen LogP contribution is 2.47. The largest absolute Gasteiger partial charge is 0.598 e. The molecule has 8 heteroatoms. The second-order valence-corrected chi connectivity index (χ2v) is 10.4. The highest BCUT2D eigenvalue weighted by Gasteiger charge is 2.43. The van der Waals surface area contributed by atoms with Crippen molar-refractivity contribution < 1.29 is 13.9 Å². The van der Waals surface area contributed by atoms with Gasteiger partial charge in [0, 0.05) is 29.1 Å². The van der Waals surface area contributed by atoms with Crippen LogP contribution in [0, 0.1) is 32.7 Å². The Balaban J connectivity index is 2.41. The number of halogens is 1. The molecule has 2 rings (SSSR count). The number of nitro benzene ring substituents is 1. The molecule has 2 atom stereocenters. The van der Waals surface area contributed by atoms with Gasteiger partial charge in [-0.15, -0.1) is 4.72 Å². The first-order valence-corrected chi connectivity index (χ1v) is 10.1. The van der Waals surface area contributed by atoms with Crippen LogP contribution in [-0.4, -0.2) is 14.2 Å². The van der Waals surface area contributed by atoms with Gasteiger partial charge in [0.05, 0.1) is 21.9 Å². The molecule has 0 spiro atoms. The van der Waals surface area contributed by atoms with Crippen LogP contribution in [0.2, 0.25) is 0 Å². The van der Waals surface area contributed by atoms with Crippen molar-refractivity contribution >= 4 is 17.0 Å². The van der Waals surface area contributed by atoms with Gasteiger partial charge in [-0.05, 0) is 59.4 Å². The van der Waals surface area contributed by atoms with Gasteiger partial charge in [-0.2, -0.15) is 5.26 Å². The van der Waals surface area contributed by atoms with Crippen molar-refractivity contribution in [1.29, 1.82) is 5.26 Å². The summed E-state index contributed by atoms with van der Waals surface area (Å²) in [6.45, 7) is 7.08. The zero-order valence-electron chi connectivity index (χ0n) is 16.2. The summed E-state index contributed by atoms with van der Waals surface area (Å²) in [5, 5.41) is 20.6. The first-order chi connectivity index (χ1) is 12.4. The van der Waals surface area contributed by atoms with E-state index in [1.165, 1.54) is 6.07 Å². The van der Waals surface area contributed by atoms with E-state index >= 15 is 0 Å². The van der Waals surface area contributed by atoms with Gasteiger partial charge in [-0.1, -0.05) is 6.42 Å². The Hall–Kier alpha value is -1.69. The molecule has 1 saturated carbocycles. The molecule has 1 N–H and O–H groups in total. The molecule has 0 saturated heterocycles. The summed E-state index contributed by atoms with van der Waals surface area (Å²) >= 11 is -1.52. The lowest BCUT2D eigenvalue weighted by molar-refractivity contribution is -0.385. The molecular weight excluding hydrogens is 369 g/mol. The van der Waals surface area contributed by atoms with E-state index in [0.717, 1.165) is 31.4 Å².